The fourth-order valence-corrected chi connectivity index (χ4v) is 5.45. The number of benzene rings is 2. The van der Waals surface area contributed by atoms with Gasteiger partial charge in [-0.1, -0.05) is 6.07 Å². The van der Waals surface area contributed by atoms with Crippen molar-refractivity contribution in [1.82, 2.24) is 14.9 Å². The van der Waals surface area contributed by atoms with Crippen LogP contribution in [-0.2, 0) is 12.8 Å². The lowest BCUT2D eigenvalue weighted by molar-refractivity contribution is 0.283. The summed E-state index contributed by atoms with van der Waals surface area (Å²) in [6.07, 6.45) is 6.74. The molecule has 0 radical (unpaired) electrons. The lowest BCUT2D eigenvalue weighted by atomic mass is 9.90. The Hall–Kier alpha value is -2.71. The van der Waals surface area contributed by atoms with Crippen LogP contribution < -0.4 is 5.32 Å². The number of fused-ring (bicyclic) bond motifs is 2. The third-order valence-electron chi connectivity index (χ3n) is 6.94. The normalized spacial score (nSPS) is 23.4. The molecular weight excluding hydrogens is 375 g/mol. The number of rotatable bonds is 4. The van der Waals surface area contributed by atoms with Gasteiger partial charge in [-0.3, -0.25) is 0 Å². The smallest absolute Gasteiger partial charge is 0.125 e. The molecular formula is C25H27FN4. The van der Waals surface area contributed by atoms with Gasteiger partial charge in [0.1, 0.15) is 11.6 Å². The van der Waals surface area contributed by atoms with Gasteiger partial charge in [0.15, 0.2) is 0 Å². The first kappa shape index (κ1) is 19.3. The first-order valence-corrected chi connectivity index (χ1v) is 11.0. The van der Waals surface area contributed by atoms with Crippen molar-refractivity contribution >= 4 is 11.0 Å². The Kier molecular flexibility index (Phi) is 5.04. The van der Waals surface area contributed by atoms with E-state index in [1.807, 2.05) is 19.1 Å². The van der Waals surface area contributed by atoms with E-state index in [-0.39, 0.29) is 5.82 Å². The zero-order valence-electron chi connectivity index (χ0n) is 17.4. The minimum absolute atomic E-state index is 0.224. The molecule has 30 heavy (non-hydrogen) atoms. The zero-order valence-corrected chi connectivity index (χ0v) is 17.4. The maximum Gasteiger partial charge on any atom is 0.125 e. The van der Waals surface area contributed by atoms with Crippen LogP contribution in [0, 0.1) is 30.0 Å². The molecule has 5 heteroatoms. The lowest BCUT2D eigenvalue weighted by Gasteiger charge is -2.31. The molecule has 3 aromatic rings. The molecule has 1 heterocycles. The Morgan fingerprint density at radius 1 is 1.10 bits per heavy atom. The summed E-state index contributed by atoms with van der Waals surface area (Å²) in [5.41, 5.74) is 5.33. The van der Waals surface area contributed by atoms with Crippen LogP contribution in [0.2, 0.25) is 0 Å². The Balaban J connectivity index is 1.17. The third kappa shape index (κ3) is 3.61. The Bertz CT molecular complexity index is 1120. The van der Waals surface area contributed by atoms with Crippen molar-refractivity contribution < 1.29 is 4.39 Å². The van der Waals surface area contributed by atoms with E-state index in [0.29, 0.717) is 18.0 Å². The number of imidazole rings is 1. The van der Waals surface area contributed by atoms with Crippen LogP contribution in [0.5, 0.6) is 0 Å². The van der Waals surface area contributed by atoms with Gasteiger partial charge in [-0.2, -0.15) is 5.26 Å². The standard InChI is InChI=1S/C25H27FN4/c1-16-29-24-13-21(26)4-9-25(24)30(16)23-7-5-22(6-8-23)28-15-18-11-19-3-2-17(14-27)10-20(19)12-18/h2-4,9-10,13,18,22-23,28H,5-8,11-12,15H2,1H3. The summed E-state index contributed by atoms with van der Waals surface area (Å²) in [5.74, 6) is 1.38. The number of aromatic nitrogens is 2. The van der Waals surface area contributed by atoms with Crippen LogP contribution in [-0.4, -0.2) is 22.1 Å². The molecule has 2 aliphatic carbocycles. The van der Waals surface area contributed by atoms with Gasteiger partial charge in [0.05, 0.1) is 22.7 Å². The number of aryl methyl sites for hydroxylation is 1. The van der Waals surface area contributed by atoms with Crippen LogP contribution in [0.4, 0.5) is 4.39 Å². The predicted octanol–water partition coefficient (Wildman–Crippen LogP) is 4.84. The van der Waals surface area contributed by atoms with Crippen LogP contribution >= 0.6 is 0 Å². The second-order valence-corrected chi connectivity index (χ2v) is 8.95. The van der Waals surface area contributed by atoms with Gasteiger partial charge in [0, 0.05) is 18.2 Å². The molecule has 2 aromatic carbocycles. The number of hydrogen-bond donors (Lipinski definition) is 1. The van der Waals surface area contributed by atoms with Gasteiger partial charge in [-0.15, -0.1) is 0 Å². The van der Waals surface area contributed by atoms with E-state index >= 15 is 0 Å². The summed E-state index contributed by atoms with van der Waals surface area (Å²) < 4.78 is 15.8. The monoisotopic (exact) mass is 402 g/mol. The highest BCUT2D eigenvalue weighted by atomic mass is 19.1. The molecule has 1 aromatic heterocycles. The molecule has 5 rings (SSSR count). The SMILES string of the molecule is Cc1nc2cc(F)ccc2n1C1CCC(NCC2Cc3ccc(C#N)cc3C2)CC1. The number of nitrogens with one attached hydrogen (secondary N) is 1. The van der Waals surface area contributed by atoms with E-state index in [1.54, 1.807) is 0 Å². The third-order valence-corrected chi connectivity index (χ3v) is 6.94. The van der Waals surface area contributed by atoms with Crippen LogP contribution in [0.3, 0.4) is 0 Å². The van der Waals surface area contributed by atoms with Crippen LogP contribution in [0.15, 0.2) is 36.4 Å². The van der Waals surface area contributed by atoms with Crippen molar-refractivity contribution in [3.8, 4) is 6.07 Å². The molecule has 0 spiro atoms. The Morgan fingerprint density at radius 2 is 1.90 bits per heavy atom. The fourth-order valence-electron chi connectivity index (χ4n) is 5.45. The number of hydrogen-bond acceptors (Lipinski definition) is 3. The summed E-state index contributed by atoms with van der Waals surface area (Å²) in [6.45, 7) is 3.07. The van der Waals surface area contributed by atoms with Gasteiger partial charge in [-0.05, 0) is 93.3 Å². The molecule has 0 amide bonds. The van der Waals surface area contributed by atoms with Crippen molar-refractivity contribution in [2.45, 2.75) is 57.5 Å². The first-order chi connectivity index (χ1) is 14.6. The predicted molar refractivity (Wildman–Crippen MR) is 116 cm³/mol. The summed E-state index contributed by atoms with van der Waals surface area (Å²) in [5, 5.41) is 12.9. The number of nitriles is 1. The average Bonchev–Trinajstić information content (AvgIpc) is 3.31. The van der Waals surface area contributed by atoms with Crippen LogP contribution in [0.25, 0.3) is 11.0 Å². The van der Waals surface area contributed by atoms with E-state index in [1.165, 1.54) is 23.3 Å². The highest BCUT2D eigenvalue weighted by Crippen LogP contribution is 2.33. The minimum Gasteiger partial charge on any atom is -0.325 e. The molecule has 0 saturated heterocycles. The summed E-state index contributed by atoms with van der Waals surface area (Å²) in [6, 6.07) is 14.3. The molecule has 2 aliphatic rings. The Labute approximate surface area is 176 Å². The number of halogens is 1. The van der Waals surface area contributed by atoms with E-state index in [4.69, 9.17) is 5.26 Å². The van der Waals surface area contributed by atoms with Crippen molar-refractivity contribution in [3.05, 3.63) is 64.7 Å². The van der Waals surface area contributed by atoms with Gasteiger partial charge in [0.25, 0.3) is 0 Å². The maximum atomic E-state index is 13.5. The zero-order chi connectivity index (χ0) is 20.7. The first-order valence-electron chi connectivity index (χ1n) is 11.0. The summed E-state index contributed by atoms with van der Waals surface area (Å²) in [4.78, 5) is 4.58. The minimum atomic E-state index is -0.224. The molecule has 1 saturated carbocycles. The molecule has 1 N–H and O–H groups in total. The molecule has 1 fully saturated rings. The molecule has 0 bridgehead atoms. The summed E-state index contributed by atoms with van der Waals surface area (Å²) >= 11 is 0. The van der Waals surface area contributed by atoms with Crippen molar-refractivity contribution in [2.24, 2.45) is 5.92 Å². The largest absolute Gasteiger partial charge is 0.325 e. The lowest BCUT2D eigenvalue weighted by Crippen LogP contribution is -2.37. The van der Waals surface area contributed by atoms with Gasteiger partial charge in [-0.25, -0.2) is 9.37 Å². The van der Waals surface area contributed by atoms with Crippen molar-refractivity contribution in [1.29, 1.82) is 5.26 Å². The molecule has 0 aliphatic heterocycles. The topological polar surface area (TPSA) is 53.6 Å². The average molecular weight is 403 g/mol. The Morgan fingerprint density at radius 3 is 2.70 bits per heavy atom. The molecule has 154 valence electrons. The summed E-state index contributed by atoms with van der Waals surface area (Å²) in [7, 11) is 0. The highest BCUT2D eigenvalue weighted by molar-refractivity contribution is 5.76. The van der Waals surface area contributed by atoms with E-state index in [0.717, 1.165) is 67.5 Å². The van der Waals surface area contributed by atoms with E-state index < -0.39 is 0 Å². The van der Waals surface area contributed by atoms with Crippen molar-refractivity contribution in [2.75, 3.05) is 6.54 Å². The van der Waals surface area contributed by atoms with Crippen molar-refractivity contribution in [3.63, 3.8) is 0 Å². The molecule has 1 unspecified atom stereocenters. The fraction of sp³-hybridized carbons (Fsp3) is 0.440. The van der Waals surface area contributed by atoms with E-state index in [9.17, 15) is 4.39 Å². The van der Waals surface area contributed by atoms with Gasteiger partial charge in [0.2, 0.25) is 0 Å². The molecule has 4 nitrogen and oxygen atoms in total. The maximum absolute atomic E-state index is 13.5. The second kappa shape index (κ2) is 7.85. The second-order valence-electron chi connectivity index (χ2n) is 8.95. The highest BCUT2D eigenvalue weighted by Gasteiger charge is 2.27. The van der Waals surface area contributed by atoms with Crippen LogP contribution in [0.1, 0.15) is 54.2 Å². The number of nitrogens with zero attached hydrogens (tertiary/aromatic N) is 3. The van der Waals surface area contributed by atoms with Gasteiger partial charge < -0.3 is 9.88 Å². The van der Waals surface area contributed by atoms with Gasteiger partial charge >= 0.3 is 0 Å². The molecule has 1 atom stereocenters. The van der Waals surface area contributed by atoms with E-state index in [2.05, 4.69) is 33.1 Å². The quantitative estimate of drug-likeness (QED) is 0.679.